The Morgan fingerprint density at radius 2 is 1.93 bits per heavy atom. The molecule has 156 valence electrons. The van der Waals surface area contributed by atoms with Crippen LogP contribution in [0, 0.1) is 5.92 Å². The van der Waals surface area contributed by atoms with Crippen LogP contribution in [0.15, 0.2) is 36.4 Å². The molecule has 2 saturated heterocycles. The Morgan fingerprint density at radius 3 is 2.69 bits per heavy atom. The minimum absolute atomic E-state index is 0.209. The SMILES string of the molecule is C/C=C/C(=O)NC(=S)Nc1ccc(C(=O)OC[C@@H]2CCC[NH+]3CCCC[C@H]23)cc1. The number of anilines is 1. The van der Waals surface area contributed by atoms with Crippen LogP contribution in [0.5, 0.6) is 0 Å². The third-order valence-corrected chi connectivity index (χ3v) is 6.00. The second kappa shape index (κ2) is 10.5. The number of fused-ring (bicyclic) bond motifs is 1. The zero-order chi connectivity index (χ0) is 20.6. The summed E-state index contributed by atoms with van der Waals surface area (Å²) in [6.07, 6.45) is 9.28. The van der Waals surface area contributed by atoms with Crippen molar-refractivity contribution >= 4 is 34.9 Å². The maximum absolute atomic E-state index is 12.5. The smallest absolute Gasteiger partial charge is 0.338 e. The lowest BCUT2D eigenvalue weighted by Gasteiger charge is -2.40. The molecule has 1 unspecified atom stereocenters. The molecule has 1 amide bonds. The third-order valence-electron chi connectivity index (χ3n) is 5.79. The summed E-state index contributed by atoms with van der Waals surface area (Å²) in [6.45, 7) is 4.80. The normalized spacial score (nSPS) is 23.8. The van der Waals surface area contributed by atoms with Crippen molar-refractivity contribution in [2.75, 3.05) is 25.0 Å². The van der Waals surface area contributed by atoms with E-state index in [2.05, 4.69) is 10.6 Å². The lowest BCUT2D eigenvalue weighted by atomic mass is 9.84. The Morgan fingerprint density at radius 1 is 1.17 bits per heavy atom. The Bertz CT molecular complexity index is 761. The number of benzene rings is 1. The van der Waals surface area contributed by atoms with E-state index < -0.39 is 0 Å². The first-order valence-electron chi connectivity index (χ1n) is 10.4. The summed E-state index contributed by atoms with van der Waals surface area (Å²) < 4.78 is 5.65. The summed E-state index contributed by atoms with van der Waals surface area (Å²) in [6, 6.07) is 7.56. The number of amides is 1. The lowest BCUT2D eigenvalue weighted by molar-refractivity contribution is -0.940. The third kappa shape index (κ3) is 6.11. The molecule has 0 aromatic heterocycles. The van der Waals surface area contributed by atoms with Crippen molar-refractivity contribution in [3.63, 3.8) is 0 Å². The predicted molar refractivity (Wildman–Crippen MR) is 117 cm³/mol. The van der Waals surface area contributed by atoms with E-state index in [0.29, 0.717) is 29.8 Å². The Balaban J connectivity index is 1.48. The largest absolute Gasteiger partial charge is 0.462 e. The van der Waals surface area contributed by atoms with Gasteiger partial charge in [0.15, 0.2) is 5.11 Å². The molecule has 2 heterocycles. The van der Waals surface area contributed by atoms with E-state index in [1.165, 1.54) is 44.8 Å². The molecule has 0 spiro atoms. The molecule has 0 saturated carbocycles. The zero-order valence-electron chi connectivity index (χ0n) is 16.9. The van der Waals surface area contributed by atoms with Gasteiger partial charge in [0.1, 0.15) is 6.61 Å². The number of hydrogen-bond acceptors (Lipinski definition) is 4. The minimum Gasteiger partial charge on any atom is -0.462 e. The number of carbonyl (C=O) groups excluding carboxylic acids is 2. The van der Waals surface area contributed by atoms with Gasteiger partial charge in [-0.25, -0.2) is 4.79 Å². The van der Waals surface area contributed by atoms with E-state index in [1.807, 2.05) is 0 Å². The molecule has 3 atom stereocenters. The number of ether oxygens (including phenoxy) is 1. The van der Waals surface area contributed by atoms with Gasteiger partial charge >= 0.3 is 5.97 Å². The second-order valence-corrected chi connectivity index (χ2v) is 8.19. The average molecular weight is 417 g/mol. The van der Waals surface area contributed by atoms with Gasteiger partial charge in [-0.1, -0.05) is 6.08 Å². The molecule has 3 rings (SSSR count). The minimum atomic E-state index is -0.288. The Labute approximate surface area is 177 Å². The van der Waals surface area contributed by atoms with E-state index >= 15 is 0 Å². The van der Waals surface area contributed by atoms with Crippen LogP contribution in [-0.4, -0.2) is 42.7 Å². The fourth-order valence-electron chi connectivity index (χ4n) is 4.40. The molecule has 2 aliphatic rings. The Kier molecular flexibility index (Phi) is 7.77. The van der Waals surface area contributed by atoms with Crippen molar-refractivity contribution < 1.29 is 19.2 Å². The van der Waals surface area contributed by atoms with Gasteiger partial charge in [-0.3, -0.25) is 10.1 Å². The number of quaternary nitrogens is 1. The van der Waals surface area contributed by atoms with Crippen LogP contribution < -0.4 is 15.5 Å². The second-order valence-electron chi connectivity index (χ2n) is 7.78. The molecule has 29 heavy (non-hydrogen) atoms. The number of esters is 1. The van der Waals surface area contributed by atoms with Crippen LogP contribution in [0.4, 0.5) is 5.69 Å². The van der Waals surface area contributed by atoms with Gasteiger partial charge < -0.3 is 15.0 Å². The highest BCUT2D eigenvalue weighted by Gasteiger charge is 2.37. The maximum Gasteiger partial charge on any atom is 0.338 e. The topological polar surface area (TPSA) is 71.9 Å². The molecule has 0 bridgehead atoms. The van der Waals surface area contributed by atoms with Crippen molar-refractivity contribution in [1.82, 2.24) is 5.32 Å². The molecule has 0 aliphatic carbocycles. The summed E-state index contributed by atoms with van der Waals surface area (Å²) in [5.74, 6) is -0.100. The maximum atomic E-state index is 12.5. The van der Waals surface area contributed by atoms with Crippen molar-refractivity contribution in [2.24, 2.45) is 5.92 Å². The van der Waals surface area contributed by atoms with Crippen LogP contribution in [0.3, 0.4) is 0 Å². The number of hydrogen-bond donors (Lipinski definition) is 3. The summed E-state index contributed by atoms with van der Waals surface area (Å²) in [5, 5.41) is 5.68. The van der Waals surface area contributed by atoms with E-state index in [4.69, 9.17) is 17.0 Å². The average Bonchev–Trinajstić information content (AvgIpc) is 2.72. The summed E-state index contributed by atoms with van der Waals surface area (Å²) >= 11 is 5.10. The van der Waals surface area contributed by atoms with E-state index in [9.17, 15) is 9.59 Å². The summed E-state index contributed by atoms with van der Waals surface area (Å²) in [5.41, 5.74) is 1.21. The molecule has 2 aliphatic heterocycles. The monoisotopic (exact) mass is 416 g/mol. The van der Waals surface area contributed by atoms with Gasteiger partial charge in [-0.05, 0) is 81.6 Å². The van der Waals surface area contributed by atoms with Gasteiger partial charge in [0.05, 0.1) is 24.7 Å². The van der Waals surface area contributed by atoms with E-state index in [0.717, 1.165) is 6.42 Å². The molecular formula is C22H30N3O3S+. The highest BCUT2D eigenvalue weighted by atomic mass is 32.1. The van der Waals surface area contributed by atoms with Crippen LogP contribution in [0.2, 0.25) is 0 Å². The van der Waals surface area contributed by atoms with Crippen molar-refractivity contribution in [3.05, 3.63) is 42.0 Å². The van der Waals surface area contributed by atoms with E-state index in [1.54, 1.807) is 42.2 Å². The highest BCUT2D eigenvalue weighted by Crippen LogP contribution is 2.21. The first-order valence-corrected chi connectivity index (χ1v) is 10.8. The van der Waals surface area contributed by atoms with Crippen LogP contribution >= 0.6 is 12.2 Å². The molecule has 7 heteroatoms. The fourth-order valence-corrected chi connectivity index (χ4v) is 4.62. The van der Waals surface area contributed by atoms with Crippen molar-refractivity contribution in [3.8, 4) is 0 Å². The summed E-state index contributed by atoms with van der Waals surface area (Å²) in [7, 11) is 0. The molecule has 6 nitrogen and oxygen atoms in total. The first-order chi connectivity index (χ1) is 14.1. The number of carbonyl (C=O) groups is 2. The number of thiocarbonyl (C=S) groups is 1. The number of nitrogens with one attached hydrogen (secondary N) is 3. The van der Waals surface area contributed by atoms with Crippen LogP contribution in [0.25, 0.3) is 0 Å². The van der Waals surface area contributed by atoms with Gasteiger partial charge in [-0.15, -0.1) is 0 Å². The Hall–Kier alpha value is -2.25. The molecule has 1 aromatic rings. The standard InChI is InChI=1S/C22H29N3O3S/c1-2-6-20(26)24-22(29)23-18-11-9-16(10-12-18)21(27)28-15-17-7-5-14-25-13-4-3-8-19(17)25/h2,6,9-12,17,19H,3-5,7-8,13-15H2,1H3,(H2,23,24,26,29)/p+1/b6-2+/t17-,19+/m0/s1. The molecule has 2 fully saturated rings. The quantitative estimate of drug-likeness (QED) is 0.389. The highest BCUT2D eigenvalue weighted by molar-refractivity contribution is 7.80. The van der Waals surface area contributed by atoms with Crippen molar-refractivity contribution in [1.29, 1.82) is 0 Å². The number of allylic oxidation sites excluding steroid dienone is 1. The first kappa shape index (κ1) is 21.5. The van der Waals surface area contributed by atoms with Crippen LogP contribution in [0.1, 0.15) is 49.4 Å². The summed E-state index contributed by atoms with van der Waals surface area (Å²) in [4.78, 5) is 25.7. The van der Waals surface area contributed by atoms with E-state index in [-0.39, 0.29) is 17.0 Å². The van der Waals surface area contributed by atoms with Gasteiger partial charge in [-0.2, -0.15) is 0 Å². The fraction of sp³-hybridized carbons (Fsp3) is 0.500. The van der Waals surface area contributed by atoms with Gasteiger partial charge in [0, 0.05) is 11.6 Å². The van der Waals surface area contributed by atoms with Gasteiger partial charge in [0.25, 0.3) is 0 Å². The molecule has 1 aromatic carbocycles. The van der Waals surface area contributed by atoms with Crippen molar-refractivity contribution in [2.45, 2.75) is 45.1 Å². The van der Waals surface area contributed by atoms with Crippen LogP contribution in [-0.2, 0) is 9.53 Å². The number of rotatable bonds is 5. The zero-order valence-corrected chi connectivity index (χ0v) is 17.7. The molecular weight excluding hydrogens is 386 g/mol. The van der Waals surface area contributed by atoms with Gasteiger partial charge in [0.2, 0.25) is 5.91 Å². The molecule has 3 N–H and O–H groups in total. The predicted octanol–water partition coefficient (Wildman–Crippen LogP) is 2.08. The number of piperidine rings is 2. The molecule has 0 radical (unpaired) electrons. The lowest BCUT2D eigenvalue weighted by Crippen LogP contribution is -3.18.